The van der Waals surface area contributed by atoms with Gasteiger partial charge in [0.05, 0.1) is 10.2 Å². The predicted molar refractivity (Wildman–Crippen MR) is 73.4 cm³/mol. The third-order valence-electron chi connectivity index (χ3n) is 3.22. The van der Waals surface area contributed by atoms with E-state index in [1.807, 2.05) is 0 Å². The van der Waals surface area contributed by atoms with E-state index in [9.17, 15) is 18.5 Å². The number of hydrogen-bond acceptors (Lipinski definition) is 5. The van der Waals surface area contributed by atoms with E-state index in [0.29, 0.717) is 23.6 Å². The van der Waals surface area contributed by atoms with Crippen molar-refractivity contribution in [3.05, 3.63) is 33.3 Å². The molecule has 19 heavy (non-hydrogen) atoms. The minimum atomic E-state index is -3.02. The highest BCUT2D eigenvalue weighted by molar-refractivity contribution is 7.91. The van der Waals surface area contributed by atoms with Crippen molar-refractivity contribution < 1.29 is 13.3 Å². The fourth-order valence-corrected chi connectivity index (χ4v) is 3.36. The lowest BCUT2D eigenvalue weighted by molar-refractivity contribution is -0.384. The summed E-state index contributed by atoms with van der Waals surface area (Å²) in [5, 5.41) is 13.8. The van der Waals surface area contributed by atoms with E-state index < -0.39 is 14.8 Å². The maximum Gasteiger partial charge on any atom is 0.293 e. The molecule has 0 bridgehead atoms. The van der Waals surface area contributed by atoms with Crippen LogP contribution in [-0.2, 0) is 9.84 Å². The minimum absolute atomic E-state index is 0.0559. The highest BCUT2D eigenvalue weighted by Crippen LogP contribution is 2.33. The Morgan fingerprint density at radius 3 is 2.58 bits per heavy atom. The van der Waals surface area contributed by atoms with Gasteiger partial charge in [-0.25, -0.2) is 8.42 Å². The molecule has 8 heteroatoms. The number of nitro benzene ring substituents is 1. The second kappa shape index (κ2) is 4.97. The molecule has 0 atom stereocenters. The maximum atomic E-state index is 11.3. The monoisotopic (exact) mass is 304 g/mol. The second-order valence-corrected chi connectivity index (χ2v) is 7.44. The summed E-state index contributed by atoms with van der Waals surface area (Å²) < 4.78 is 22.6. The topological polar surface area (TPSA) is 89.3 Å². The summed E-state index contributed by atoms with van der Waals surface area (Å²) in [6.07, 6.45) is 2.15. The Morgan fingerprint density at radius 2 is 2.05 bits per heavy atom. The third-order valence-corrected chi connectivity index (χ3v) is 5.05. The Bertz CT molecular complexity index is 611. The molecule has 1 saturated carbocycles. The lowest BCUT2D eigenvalue weighted by Gasteiger charge is -2.34. The van der Waals surface area contributed by atoms with Crippen molar-refractivity contribution in [2.24, 2.45) is 0 Å². The predicted octanol–water partition coefficient (Wildman–Crippen LogP) is 2.24. The van der Waals surface area contributed by atoms with Crippen LogP contribution < -0.4 is 5.32 Å². The van der Waals surface area contributed by atoms with Crippen LogP contribution in [0.5, 0.6) is 0 Å². The lowest BCUT2D eigenvalue weighted by atomic mass is 9.92. The molecule has 1 aliphatic carbocycles. The summed E-state index contributed by atoms with van der Waals surface area (Å²) in [7, 11) is -3.02. The van der Waals surface area contributed by atoms with Gasteiger partial charge in [0.15, 0.2) is 0 Å². The Labute approximate surface area is 115 Å². The summed E-state index contributed by atoms with van der Waals surface area (Å²) >= 11 is 5.72. The van der Waals surface area contributed by atoms with E-state index in [1.165, 1.54) is 18.4 Å². The molecule has 0 unspecified atom stereocenters. The Kier molecular flexibility index (Phi) is 3.69. The van der Waals surface area contributed by atoms with Crippen molar-refractivity contribution in [2.45, 2.75) is 24.1 Å². The first-order valence-corrected chi connectivity index (χ1v) is 8.00. The van der Waals surface area contributed by atoms with Gasteiger partial charge in [0.1, 0.15) is 15.5 Å². The number of halogens is 1. The first kappa shape index (κ1) is 14.1. The van der Waals surface area contributed by atoms with E-state index in [1.54, 1.807) is 6.07 Å². The number of benzene rings is 1. The molecule has 1 N–H and O–H groups in total. The van der Waals surface area contributed by atoms with Gasteiger partial charge in [-0.15, -0.1) is 0 Å². The molecule has 2 rings (SSSR count). The SMILES string of the molecule is CS(=O)(=O)[C@H]1C[C@@H](Nc2ccc(Cl)cc2[N+](=O)[O-])C1. The number of anilines is 1. The Hall–Kier alpha value is -1.34. The second-order valence-electron chi connectivity index (χ2n) is 4.68. The van der Waals surface area contributed by atoms with Crippen LogP contribution in [0.2, 0.25) is 5.02 Å². The van der Waals surface area contributed by atoms with Gasteiger partial charge in [-0.2, -0.15) is 0 Å². The van der Waals surface area contributed by atoms with Gasteiger partial charge in [-0.05, 0) is 25.0 Å². The molecular formula is C11H13ClN2O4S. The molecular weight excluding hydrogens is 292 g/mol. The number of nitrogens with zero attached hydrogens (tertiary/aromatic N) is 1. The van der Waals surface area contributed by atoms with Crippen LogP contribution in [0.25, 0.3) is 0 Å². The molecule has 1 aliphatic rings. The molecule has 0 radical (unpaired) electrons. The van der Waals surface area contributed by atoms with Gasteiger partial charge in [-0.1, -0.05) is 11.6 Å². The van der Waals surface area contributed by atoms with Crippen LogP contribution in [0.3, 0.4) is 0 Å². The van der Waals surface area contributed by atoms with Crippen LogP contribution >= 0.6 is 11.6 Å². The molecule has 0 amide bonds. The van der Waals surface area contributed by atoms with Gasteiger partial charge < -0.3 is 5.32 Å². The number of nitrogens with one attached hydrogen (secondary N) is 1. The normalized spacial score (nSPS) is 22.6. The van der Waals surface area contributed by atoms with Gasteiger partial charge in [-0.3, -0.25) is 10.1 Å². The van der Waals surface area contributed by atoms with Crippen molar-refractivity contribution in [3.63, 3.8) is 0 Å². The third kappa shape index (κ3) is 3.16. The van der Waals surface area contributed by atoms with Crippen LogP contribution in [0, 0.1) is 10.1 Å². The molecule has 0 heterocycles. The molecule has 0 spiro atoms. The van der Waals surface area contributed by atoms with Gasteiger partial charge in [0, 0.05) is 23.4 Å². The average Bonchev–Trinajstić information content (AvgIpc) is 2.22. The van der Waals surface area contributed by atoms with Crippen molar-refractivity contribution in [1.29, 1.82) is 0 Å². The minimum Gasteiger partial charge on any atom is -0.377 e. The van der Waals surface area contributed by atoms with Crippen molar-refractivity contribution in [1.82, 2.24) is 0 Å². The molecule has 6 nitrogen and oxygen atoms in total. The maximum absolute atomic E-state index is 11.3. The number of nitro groups is 1. The summed E-state index contributed by atoms with van der Waals surface area (Å²) in [5.74, 6) is 0. The van der Waals surface area contributed by atoms with Crippen LogP contribution in [0.1, 0.15) is 12.8 Å². The highest BCUT2D eigenvalue weighted by atomic mass is 35.5. The zero-order chi connectivity index (χ0) is 14.2. The van der Waals surface area contributed by atoms with Gasteiger partial charge >= 0.3 is 0 Å². The smallest absolute Gasteiger partial charge is 0.293 e. The molecule has 1 fully saturated rings. The van der Waals surface area contributed by atoms with Crippen molar-refractivity contribution in [2.75, 3.05) is 11.6 Å². The Morgan fingerprint density at radius 1 is 1.42 bits per heavy atom. The van der Waals surface area contributed by atoms with Crippen molar-refractivity contribution >= 4 is 32.8 Å². The highest BCUT2D eigenvalue weighted by Gasteiger charge is 2.36. The molecule has 1 aromatic carbocycles. The van der Waals surface area contributed by atoms with E-state index in [4.69, 9.17) is 11.6 Å². The van der Waals surface area contributed by atoms with E-state index in [2.05, 4.69) is 5.32 Å². The quantitative estimate of drug-likeness (QED) is 0.680. The first-order chi connectivity index (χ1) is 8.77. The number of sulfone groups is 1. The standard InChI is InChI=1S/C11H13ClN2O4S/c1-19(17,18)9-5-8(6-9)13-10-3-2-7(12)4-11(10)14(15)16/h2-4,8-9,13H,5-6H2,1H3/t8-,9+. The molecule has 0 aliphatic heterocycles. The summed E-state index contributed by atoms with van der Waals surface area (Å²) in [6, 6.07) is 4.31. The summed E-state index contributed by atoms with van der Waals surface area (Å²) in [4.78, 5) is 10.4. The molecule has 1 aromatic rings. The Balaban J connectivity index is 2.08. The molecule has 0 saturated heterocycles. The van der Waals surface area contributed by atoms with Gasteiger partial charge in [0.2, 0.25) is 0 Å². The van der Waals surface area contributed by atoms with Crippen LogP contribution in [-0.4, -0.2) is 30.9 Å². The first-order valence-electron chi connectivity index (χ1n) is 5.66. The zero-order valence-corrected chi connectivity index (χ0v) is 11.7. The van der Waals surface area contributed by atoms with E-state index in [0.717, 1.165) is 0 Å². The van der Waals surface area contributed by atoms with Gasteiger partial charge in [0.25, 0.3) is 5.69 Å². The number of hydrogen-bond donors (Lipinski definition) is 1. The number of rotatable bonds is 4. The summed E-state index contributed by atoms with van der Waals surface area (Å²) in [6.45, 7) is 0. The average molecular weight is 305 g/mol. The molecule has 104 valence electrons. The van der Waals surface area contributed by atoms with Crippen LogP contribution in [0.4, 0.5) is 11.4 Å². The largest absolute Gasteiger partial charge is 0.377 e. The van der Waals surface area contributed by atoms with E-state index >= 15 is 0 Å². The zero-order valence-electron chi connectivity index (χ0n) is 10.2. The fourth-order valence-electron chi connectivity index (χ4n) is 2.03. The van der Waals surface area contributed by atoms with E-state index in [-0.39, 0.29) is 17.0 Å². The summed E-state index contributed by atoms with van der Waals surface area (Å²) in [5.41, 5.74) is 0.265. The van der Waals surface area contributed by atoms with Crippen molar-refractivity contribution in [3.8, 4) is 0 Å². The molecule has 0 aromatic heterocycles. The fraction of sp³-hybridized carbons (Fsp3) is 0.455. The van der Waals surface area contributed by atoms with Crippen LogP contribution in [0.15, 0.2) is 18.2 Å². The lowest BCUT2D eigenvalue weighted by Crippen LogP contribution is -2.43.